The molecule has 0 aliphatic carbocycles. The maximum absolute atomic E-state index is 12.6. The molecule has 1 heterocycles. The molecule has 0 fully saturated rings. The van der Waals surface area contributed by atoms with Crippen LogP contribution in [0.15, 0.2) is 60.7 Å². The van der Waals surface area contributed by atoms with Crippen molar-refractivity contribution in [3.05, 3.63) is 77.5 Å². The average molecular weight is 363 g/mol. The van der Waals surface area contributed by atoms with E-state index in [1.54, 1.807) is 11.6 Å². The highest BCUT2D eigenvalue weighted by atomic mass is 16.5. The molecule has 1 atom stereocenters. The number of aryl methyl sites for hydroxylation is 2. The molecule has 0 saturated heterocycles. The standard InChI is InChI=1S/C22H25N3O2/c1-4-18-10-12-20(13-11-18)27-17(3)22(26)23-21-14-16(2)24-25(21)15-19-8-6-5-7-9-19/h5-14,17H,4,15H2,1-3H3,(H,23,26). The van der Waals surface area contributed by atoms with E-state index in [-0.39, 0.29) is 5.91 Å². The van der Waals surface area contributed by atoms with E-state index in [2.05, 4.69) is 17.3 Å². The molecule has 0 radical (unpaired) electrons. The molecule has 0 bridgehead atoms. The van der Waals surface area contributed by atoms with Gasteiger partial charge >= 0.3 is 0 Å². The summed E-state index contributed by atoms with van der Waals surface area (Å²) in [5.41, 5.74) is 3.21. The van der Waals surface area contributed by atoms with Crippen molar-refractivity contribution in [1.82, 2.24) is 9.78 Å². The average Bonchev–Trinajstić information content (AvgIpc) is 3.01. The van der Waals surface area contributed by atoms with Gasteiger partial charge in [-0.05, 0) is 43.5 Å². The highest BCUT2D eigenvalue weighted by molar-refractivity contribution is 5.93. The van der Waals surface area contributed by atoms with Crippen LogP contribution in [0, 0.1) is 6.92 Å². The number of amides is 1. The zero-order chi connectivity index (χ0) is 19.2. The van der Waals surface area contributed by atoms with Crippen molar-refractivity contribution < 1.29 is 9.53 Å². The van der Waals surface area contributed by atoms with Crippen LogP contribution in [0.5, 0.6) is 5.75 Å². The summed E-state index contributed by atoms with van der Waals surface area (Å²) in [5.74, 6) is 1.14. The van der Waals surface area contributed by atoms with Gasteiger partial charge in [-0.25, -0.2) is 4.68 Å². The fourth-order valence-corrected chi connectivity index (χ4v) is 2.81. The van der Waals surface area contributed by atoms with Gasteiger partial charge in [0.05, 0.1) is 12.2 Å². The monoisotopic (exact) mass is 363 g/mol. The number of nitrogens with zero attached hydrogens (tertiary/aromatic N) is 2. The molecular formula is C22H25N3O2. The Hall–Kier alpha value is -3.08. The minimum atomic E-state index is -0.613. The Morgan fingerprint density at radius 2 is 1.81 bits per heavy atom. The van der Waals surface area contributed by atoms with Crippen molar-refractivity contribution in [2.45, 2.75) is 39.8 Å². The van der Waals surface area contributed by atoms with Crippen LogP contribution in [0.3, 0.4) is 0 Å². The van der Waals surface area contributed by atoms with Gasteiger partial charge in [-0.15, -0.1) is 0 Å². The Bertz CT molecular complexity index is 886. The normalized spacial score (nSPS) is 11.8. The lowest BCUT2D eigenvalue weighted by atomic mass is 10.2. The summed E-state index contributed by atoms with van der Waals surface area (Å²) in [5, 5.41) is 7.41. The number of anilines is 1. The maximum Gasteiger partial charge on any atom is 0.266 e. The van der Waals surface area contributed by atoms with Crippen LogP contribution in [0.25, 0.3) is 0 Å². The summed E-state index contributed by atoms with van der Waals surface area (Å²) in [7, 11) is 0. The van der Waals surface area contributed by atoms with Crippen LogP contribution in [0.4, 0.5) is 5.82 Å². The topological polar surface area (TPSA) is 56.1 Å². The van der Waals surface area contributed by atoms with Crippen LogP contribution >= 0.6 is 0 Å². The summed E-state index contributed by atoms with van der Waals surface area (Å²) < 4.78 is 7.57. The lowest BCUT2D eigenvalue weighted by molar-refractivity contribution is -0.122. The quantitative estimate of drug-likeness (QED) is 0.684. The van der Waals surface area contributed by atoms with Crippen LogP contribution in [-0.2, 0) is 17.8 Å². The second-order valence-corrected chi connectivity index (χ2v) is 6.56. The molecule has 1 unspecified atom stereocenters. The Balaban J connectivity index is 1.66. The SMILES string of the molecule is CCc1ccc(OC(C)C(=O)Nc2cc(C)nn2Cc2ccccc2)cc1. The first-order valence-corrected chi connectivity index (χ1v) is 9.20. The fourth-order valence-electron chi connectivity index (χ4n) is 2.81. The molecule has 5 nitrogen and oxygen atoms in total. The van der Waals surface area contributed by atoms with E-state index in [0.717, 1.165) is 17.7 Å². The van der Waals surface area contributed by atoms with Gasteiger partial charge in [0.15, 0.2) is 6.10 Å². The van der Waals surface area contributed by atoms with Gasteiger partial charge in [0.25, 0.3) is 5.91 Å². The van der Waals surface area contributed by atoms with Gasteiger partial charge in [-0.2, -0.15) is 5.10 Å². The molecule has 27 heavy (non-hydrogen) atoms. The van der Waals surface area contributed by atoms with Gasteiger partial charge < -0.3 is 10.1 Å². The van der Waals surface area contributed by atoms with E-state index in [0.29, 0.717) is 18.1 Å². The summed E-state index contributed by atoms with van der Waals surface area (Å²) in [4.78, 5) is 12.6. The van der Waals surface area contributed by atoms with E-state index >= 15 is 0 Å². The maximum atomic E-state index is 12.6. The molecule has 2 aromatic carbocycles. The smallest absolute Gasteiger partial charge is 0.266 e. The third-order valence-electron chi connectivity index (χ3n) is 4.34. The second-order valence-electron chi connectivity index (χ2n) is 6.56. The number of nitrogens with one attached hydrogen (secondary N) is 1. The van der Waals surface area contributed by atoms with Crippen molar-refractivity contribution >= 4 is 11.7 Å². The van der Waals surface area contributed by atoms with Crippen molar-refractivity contribution in [2.75, 3.05) is 5.32 Å². The molecular weight excluding hydrogens is 338 g/mol. The summed E-state index contributed by atoms with van der Waals surface area (Å²) in [6.07, 6.45) is 0.360. The molecule has 3 aromatic rings. The van der Waals surface area contributed by atoms with Crippen molar-refractivity contribution in [3.63, 3.8) is 0 Å². The van der Waals surface area contributed by atoms with Gasteiger partial charge in [-0.3, -0.25) is 4.79 Å². The van der Waals surface area contributed by atoms with Crippen LogP contribution in [0.1, 0.15) is 30.7 Å². The second kappa shape index (κ2) is 8.54. The summed E-state index contributed by atoms with van der Waals surface area (Å²) in [6, 6.07) is 19.7. The lowest BCUT2D eigenvalue weighted by Crippen LogP contribution is -2.31. The number of benzene rings is 2. The Morgan fingerprint density at radius 3 is 2.48 bits per heavy atom. The molecule has 0 spiro atoms. The largest absolute Gasteiger partial charge is 0.481 e. The summed E-state index contributed by atoms with van der Waals surface area (Å²) in [6.45, 7) is 6.35. The van der Waals surface area contributed by atoms with Crippen LogP contribution in [-0.4, -0.2) is 21.8 Å². The zero-order valence-electron chi connectivity index (χ0n) is 16.0. The number of carbonyl (C=O) groups excluding carboxylic acids is 1. The number of aromatic nitrogens is 2. The first-order chi connectivity index (χ1) is 13.0. The summed E-state index contributed by atoms with van der Waals surface area (Å²) >= 11 is 0. The van der Waals surface area contributed by atoms with Gasteiger partial charge in [-0.1, -0.05) is 49.4 Å². The molecule has 1 N–H and O–H groups in total. The van der Waals surface area contributed by atoms with E-state index in [1.165, 1.54) is 5.56 Å². The number of rotatable bonds is 7. The Morgan fingerprint density at radius 1 is 1.11 bits per heavy atom. The molecule has 0 aliphatic rings. The van der Waals surface area contributed by atoms with E-state index in [9.17, 15) is 4.79 Å². The number of hydrogen-bond acceptors (Lipinski definition) is 3. The highest BCUT2D eigenvalue weighted by Gasteiger charge is 2.17. The molecule has 140 valence electrons. The van der Waals surface area contributed by atoms with E-state index in [4.69, 9.17) is 4.74 Å². The van der Waals surface area contributed by atoms with Crippen molar-refractivity contribution in [1.29, 1.82) is 0 Å². The minimum absolute atomic E-state index is 0.205. The third-order valence-corrected chi connectivity index (χ3v) is 4.34. The van der Waals surface area contributed by atoms with Gasteiger partial charge in [0, 0.05) is 6.07 Å². The zero-order valence-corrected chi connectivity index (χ0v) is 16.0. The fraction of sp³-hybridized carbons (Fsp3) is 0.273. The van der Waals surface area contributed by atoms with Crippen molar-refractivity contribution in [2.24, 2.45) is 0 Å². The van der Waals surface area contributed by atoms with Crippen molar-refractivity contribution in [3.8, 4) is 5.75 Å². The molecule has 1 aromatic heterocycles. The molecule has 1 amide bonds. The number of hydrogen-bond donors (Lipinski definition) is 1. The third kappa shape index (κ3) is 4.97. The first kappa shape index (κ1) is 18.7. The Kier molecular flexibility index (Phi) is 5.91. The van der Waals surface area contributed by atoms with Gasteiger partial charge in [0.2, 0.25) is 0 Å². The van der Waals surface area contributed by atoms with Crippen LogP contribution < -0.4 is 10.1 Å². The highest BCUT2D eigenvalue weighted by Crippen LogP contribution is 2.17. The predicted octanol–water partition coefficient (Wildman–Crippen LogP) is 4.21. The van der Waals surface area contributed by atoms with E-state index < -0.39 is 6.10 Å². The number of carbonyl (C=O) groups is 1. The molecule has 0 aliphatic heterocycles. The van der Waals surface area contributed by atoms with Crippen LogP contribution in [0.2, 0.25) is 0 Å². The van der Waals surface area contributed by atoms with E-state index in [1.807, 2.05) is 67.6 Å². The minimum Gasteiger partial charge on any atom is -0.481 e. The van der Waals surface area contributed by atoms with Gasteiger partial charge in [0.1, 0.15) is 11.6 Å². The number of ether oxygens (including phenoxy) is 1. The lowest BCUT2D eigenvalue weighted by Gasteiger charge is -2.15. The molecule has 3 rings (SSSR count). The Labute approximate surface area is 160 Å². The molecule has 0 saturated carbocycles. The molecule has 5 heteroatoms. The first-order valence-electron chi connectivity index (χ1n) is 9.20. The predicted molar refractivity (Wildman–Crippen MR) is 107 cm³/mol.